The van der Waals surface area contributed by atoms with Gasteiger partial charge in [-0.3, -0.25) is 0 Å². The molecule has 0 N–H and O–H groups in total. The molecule has 0 spiro atoms. The number of hydrogen-bond acceptors (Lipinski definition) is 1. The molecule has 0 aliphatic rings. The zero-order valence-corrected chi connectivity index (χ0v) is 25.8. The Morgan fingerprint density at radius 2 is 0.979 bits per heavy atom. The average molecular weight is 611 g/mol. The molecule has 0 saturated heterocycles. The van der Waals surface area contributed by atoms with Gasteiger partial charge in [-0.05, 0) is 65.0 Å². The number of fused-ring (bicyclic) bond motifs is 6. The van der Waals surface area contributed by atoms with Crippen LogP contribution < -0.4 is 0 Å². The number of nitrogens with zero attached hydrogens (tertiary/aromatic N) is 4. The summed E-state index contributed by atoms with van der Waals surface area (Å²) in [5.74, 6) is 0. The van der Waals surface area contributed by atoms with Crippen molar-refractivity contribution in [2.45, 2.75) is 0 Å². The van der Waals surface area contributed by atoms with Crippen LogP contribution in [0.4, 0.5) is 5.69 Å². The van der Waals surface area contributed by atoms with E-state index in [1.165, 1.54) is 10.8 Å². The molecule has 9 aromatic rings. The van der Waals surface area contributed by atoms with Crippen molar-refractivity contribution >= 4 is 49.3 Å². The quantitative estimate of drug-likeness (QED) is 0.183. The molecule has 9 rings (SSSR count). The Hall–Kier alpha value is -6.88. The second kappa shape index (κ2) is 10.9. The Morgan fingerprint density at radius 3 is 1.65 bits per heavy atom. The highest BCUT2D eigenvalue weighted by molar-refractivity contribution is 6.12. The molecule has 7 aromatic carbocycles. The first-order chi connectivity index (χ1) is 23.7. The fourth-order valence-corrected chi connectivity index (χ4v) is 7.31. The summed E-state index contributed by atoms with van der Waals surface area (Å²) in [5, 5.41) is 14.6. The molecule has 2 aromatic heterocycles. The minimum Gasteiger partial charge on any atom is -0.309 e. The average Bonchev–Trinajstić information content (AvgIpc) is 3.67. The maximum absolute atomic E-state index is 10.0. The lowest BCUT2D eigenvalue weighted by Gasteiger charge is -2.20. The van der Waals surface area contributed by atoms with Crippen molar-refractivity contribution in [1.29, 1.82) is 5.26 Å². The van der Waals surface area contributed by atoms with Crippen LogP contribution in [0, 0.1) is 17.9 Å². The first-order valence-corrected chi connectivity index (χ1v) is 15.9. The standard InChI is InChI=1S/C44H26N4/c1-46-31-23-25-43-38(27-31)36-17-7-11-21-42(36)48(43)44-26-29(32-13-3-2-12-30(32)28-45)22-24-37(44)35-16-6-10-20-41(35)47-39-18-8-4-14-33(39)34-15-5-9-19-40(34)47/h2-27H. The number of nitriles is 1. The molecule has 222 valence electrons. The molecule has 0 fully saturated rings. The van der Waals surface area contributed by atoms with Gasteiger partial charge in [0.25, 0.3) is 0 Å². The SMILES string of the molecule is [C-]#[N+]c1ccc2c(c1)c1ccccc1n2-c1cc(-c2ccccc2C#N)ccc1-c1ccccc1-n1c2ccccc2c2ccccc21. The monoisotopic (exact) mass is 610 g/mol. The highest BCUT2D eigenvalue weighted by Gasteiger charge is 2.21. The van der Waals surface area contributed by atoms with E-state index in [1.54, 1.807) is 0 Å². The number of aromatic nitrogens is 2. The van der Waals surface area contributed by atoms with Crippen LogP contribution in [0.25, 0.3) is 82.1 Å². The number of hydrogen-bond donors (Lipinski definition) is 0. The van der Waals surface area contributed by atoms with E-state index in [1.807, 2.05) is 36.4 Å². The molecule has 0 amide bonds. The fraction of sp³-hybridized carbons (Fsp3) is 0. The van der Waals surface area contributed by atoms with Crippen molar-refractivity contribution in [2.24, 2.45) is 0 Å². The molecule has 0 radical (unpaired) electrons. The molecular formula is C44H26N4. The van der Waals surface area contributed by atoms with Crippen molar-refractivity contribution in [1.82, 2.24) is 9.13 Å². The number of benzene rings is 7. The molecule has 0 atom stereocenters. The molecule has 2 heterocycles. The fourth-order valence-electron chi connectivity index (χ4n) is 7.31. The van der Waals surface area contributed by atoms with Crippen molar-refractivity contribution in [2.75, 3.05) is 0 Å². The highest BCUT2D eigenvalue weighted by Crippen LogP contribution is 2.42. The molecule has 0 unspecified atom stereocenters. The Balaban J connectivity index is 1.41. The van der Waals surface area contributed by atoms with E-state index in [-0.39, 0.29) is 0 Å². The van der Waals surface area contributed by atoms with Gasteiger partial charge >= 0.3 is 0 Å². The van der Waals surface area contributed by atoms with Crippen LogP contribution in [-0.2, 0) is 0 Å². The first kappa shape index (κ1) is 27.4. The molecule has 48 heavy (non-hydrogen) atoms. The van der Waals surface area contributed by atoms with E-state index in [2.05, 4.69) is 141 Å². The molecule has 0 bridgehead atoms. The maximum Gasteiger partial charge on any atom is 0.188 e. The van der Waals surface area contributed by atoms with Gasteiger partial charge in [0, 0.05) is 27.3 Å². The van der Waals surface area contributed by atoms with Crippen LogP contribution in [0.2, 0.25) is 0 Å². The summed E-state index contributed by atoms with van der Waals surface area (Å²) in [7, 11) is 0. The zero-order chi connectivity index (χ0) is 32.2. The normalized spacial score (nSPS) is 11.3. The molecule has 0 aliphatic heterocycles. The van der Waals surface area contributed by atoms with E-state index in [4.69, 9.17) is 6.57 Å². The van der Waals surface area contributed by atoms with Gasteiger partial charge in [0.1, 0.15) is 0 Å². The third-order valence-corrected chi connectivity index (χ3v) is 9.40. The minimum absolute atomic E-state index is 0.610. The smallest absolute Gasteiger partial charge is 0.188 e. The maximum atomic E-state index is 10.0. The summed E-state index contributed by atoms with van der Waals surface area (Å²) in [6, 6.07) is 56.8. The Kier molecular flexibility index (Phi) is 6.22. The second-order valence-corrected chi connectivity index (χ2v) is 11.9. The van der Waals surface area contributed by atoms with Crippen LogP contribution in [0.1, 0.15) is 5.56 Å². The summed E-state index contributed by atoms with van der Waals surface area (Å²) >= 11 is 0. The Bertz CT molecular complexity index is 2760. The molecule has 0 saturated carbocycles. The van der Waals surface area contributed by atoms with Crippen LogP contribution in [0.3, 0.4) is 0 Å². The second-order valence-electron chi connectivity index (χ2n) is 11.9. The van der Waals surface area contributed by atoms with Crippen molar-refractivity contribution < 1.29 is 0 Å². The van der Waals surface area contributed by atoms with Crippen molar-refractivity contribution in [3.05, 3.63) is 175 Å². The predicted octanol–water partition coefficient (Wildman–Crippen LogP) is 11.6. The van der Waals surface area contributed by atoms with Gasteiger partial charge in [-0.15, -0.1) is 0 Å². The van der Waals surface area contributed by atoms with E-state index in [9.17, 15) is 5.26 Å². The lowest BCUT2D eigenvalue weighted by Crippen LogP contribution is -2.02. The van der Waals surface area contributed by atoms with Crippen LogP contribution in [-0.4, -0.2) is 9.13 Å². The first-order valence-electron chi connectivity index (χ1n) is 15.9. The van der Waals surface area contributed by atoms with Gasteiger partial charge in [-0.1, -0.05) is 109 Å². The van der Waals surface area contributed by atoms with Crippen LogP contribution in [0.15, 0.2) is 158 Å². The predicted molar refractivity (Wildman–Crippen MR) is 197 cm³/mol. The van der Waals surface area contributed by atoms with Gasteiger partial charge in [-0.2, -0.15) is 5.26 Å². The number of para-hydroxylation sites is 4. The van der Waals surface area contributed by atoms with Crippen molar-refractivity contribution in [3.8, 4) is 39.7 Å². The zero-order valence-electron chi connectivity index (χ0n) is 25.8. The summed E-state index contributed by atoms with van der Waals surface area (Å²) in [6.45, 7) is 7.70. The molecule has 0 aliphatic carbocycles. The van der Waals surface area contributed by atoms with Gasteiger partial charge in [-0.25, -0.2) is 4.85 Å². The van der Waals surface area contributed by atoms with E-state index in [0.29, 0.717) is 11.3 Å². The molecular weight excluding hydrogens is 585 g/mol. The van der Waals surface area contributed by atoms with Crippen molar-refractivity contribution in [3.63, 3.8) is 0 Å². The van der Waals surface area contributed by atoms with Gasteiger partial charge in [0.05, 0.1) is 51.6 Å². The number of rotatable bonds is 4. The summed E-state index contributed by atoms with van der Waals surface area (Å²) in [4.78, 5) is 3.74. The third kappa shape index (κ3) is 4.07. The van der Waals surface area contributed by atoms with E-state index < -0.39 is 0 Å². The summed E-state index contributed by atoms with van der Waals surface area (Å²) in [5.41, 5.74) is 11.7. The largest absolute Gasteiger partial charge is 0.309 e. The summed E-state index contributed by atoms with van der Waals surface area (Å²) < 4.78 is 4.69. The van der Waals surface area contributed by atoms with E-state index >= 15 is 0 Å². The van der Waals surface area contributed by atoms with Gasteiger partial charge in [0.15, 0.2) is 5.69 Å². The summed E-state index contributed by atoms with van der Waals surface area (Å²) in [6.07, 6.45) is 0. The third-order valence-electron chi connectivity index (χ3n) is 9.40. The van der Waals surface area contributed by atoms with Crippen LogP contribution >= 0.6 is 0 Å². The van der Waals surface area contributed by atoms with Gasteiger partial charge < -0.3 is 9.13 Å². The lowest BCUT2D eigenvalue weighted by atomic mass is 9.94. The minimum atomic E-state index is 0.610. The molecule has 4 heteroatoms. The topological polar surface area (TPSA) is 38.0 Å². The highest BCUT2D eigenvalue weighted by atomic mass is 15.0. The molecule has 4 nitrogen and oxygen atoms in total. The van der Waals surface area contributed by atoms with Crippen LogP contribution in [0.5, 0.6) is 0 Å². The Morgan fingerprint density at radius 1 is 0.458 bits per heavy atom. The Labute approximate surface area is 277 Å². The van der Waals surface area contributed by atoms with Gasteiger partial charge in [0.2, 0.25) is 0 Å². The lowest BCUT2D eigenvalue weighted by molar-refractivity contribution is 1.16. The van der Waals surface area contributed by atoms with E-state index in [0.717, 1.165) is 66.5 Å².